The Morgan fingerprint density at radius 2 is 2.05 bits per heavy atom. The number of nitrogens with one attached hydrogen (secondary N) is 2. The quantitative estimate of drug-likeness (QED) is 0.585. The summed E-state index contributed by atoms with van der Waals surface area (Å²) in [5.41, 5.74) is 0.486. The SMILES string of the molecule is CNS(=O)(=O)c1cccc(NC(=O)CCCCBr)c1. The van der Waals surface area contributed by atoms with Crippen LogP contribution in [-0.2, 0) is 14.8 Å². The zero-order valence-corrected chi connectivity index (χ0v) is 13.1. The van der Waals surface area contributed by atoms with Crippen molar-refractivity contribution in [2.45, 2.75) is 24.2 Å². The third-order valence-electron chi connectivity index (χ3n) is 2.48. The number of alkyl halides is 1. The first kappa shape index (κ1) is 16.1. The number of benzene rings is 1. The molecule has 0 fully saturated rings. The molecule has 5 nitrogen and oxygen atoms in total. The summed E-state index contributed by atoms with van der Waals surface area (Å²) in [4.78, 5) is 11.8. The molecule has 0 aliphatic carbocycles. The molecule has 1 aromatic rings. The summed E-state index contributed by atoms with van der Waals surface area (Å²) in [6.45, 7) is 0. The molecular formula is C12H17BrN2O3S. The highest BCUT2D eigenvalue weighted by Gasteiger charge is 2.12. The lowest BCUT2D eigenvalue weighted by Gasteiger charge is -2.07. The number of carbonyl (C=O) groups is 1. The van der Waals surface area contributed by atoms with Crippen molar-refractivity contribution in [2.75, 3.05) is 17.7 Å². The second-order valence-corrected chi connectivity index (χ2v) is 6.61. The molecule has 106 valence electrons. The summed E-state index contributed by atoms with van der Waals surface area (Å²) >= 11 is 3.30. The zero-order valence-electron chi connectivity index (χ0n) is 10.6. The molecule has 0 atom stereocenters. The standard InChI is InChI=1S/C12H17BrN2O3S/c1-14-19(17,18)11-6-4-5-10(9-11)15-12(16)7-2-3-8-13/h4-6,9,14H,2-3,7-8H2,1H3,(H,15,16). The van der Waals surface area contributed by atoms with Crippen LogP contribution in [0.4, 0.5) is 5.69 Å². The highest BCUT2D eigenvalue weighted by molar-refractivity contribution is 9.09. The fourth-order valence-electron chi connectivity index (χ4n) is 1.46. The zero-order chi connectivity index (χ0) is 14.3. The first-order valence-electron chi connectivity index (χ1n) is 5.89. The molecule has 19 heavy (non-hydrogen) atoms. The van der Waals surface area contributed by atoms with Crippen LogP contribution < -0.4 is 10.0 Å². The number of sulfonamides is 1. The van der Waals surface area contributed by atoms with Crippen LogP contribution >= 0.6 is 15.9 Å². The molecule has 0 aliphatic heterocycles. The van der Waals surface area contributed by atoms with E-state index in [1.54, 1.807) is 12.1 Å². The van der Waals surface area contributed by atoms with Gasteiger partial charge in [0.05, 0.1) is 4.90 Å². The third-order valence-corrected chi connectivity index (χ3v) is 4.46. The minimum atomic E-state index is -3.48. The topological polar surface area (TPSA) is 75.3 Å². The lowest BCUT2D eigenvalue weighted by molar-refractivity contribution is -0.116. The Balaban J connectivity index is 2.70. The second kappa shape index (κ2) is 7.62. The van der Waals surface area contributed by atoms with Crippen LogP contribution in [0.3, 0.4) is 0 Å². The van der Waals surface area contributed by atoms with E-state index >= 15 is 0 Å². The van der Waals surface area contributed by atoms with Crippen LogP contribution in [0.2, 0.25) is 0 Å². The van der Waals surface area contributed by atoms with E-state index in [4.69, 9.17) is 0 Å². The van der Waals surface area contributed by atoms with Gasteiger partial charge in [-0.2, -0.15) is 0 Å². The van der Waals surface area contributed by atoms with Crippen LogP contribution in [0.5, 0.6) is 0 Å². The number of amides is 1. The molecule has 7 heteroatoms. The summed E-state index contributed by atoms with van der Waals surface area (Å²) in [6.07, 6.45) is 2.15. The van der Waals surface area contributed by atoms with E-state index in [0.29, 0.717) is 12.1 Å². The van der Waals surface area contributed by atoms with Gasteiger partial charge >= 0.3 is 0 Å². The first-order chi connectivity index (χ1) is 8.99. The van der Waals surface area contributed by atoms with Gasteiger partial charge in [-0.05, 0) is 38.1 Å². The van der Waals surface area contributed by atoms with Crippen molar-refractivity contribution in [3.05, 3.63) is 24.3 Å². The summed E-state index contributed by atoms with van der Waals surface area (Å²) in [7, 11) is -2.14. The van der Waals surface area contributed by atoms with Crippen molar-refractivity contribution in [1.29, 1.82) is 0 Å². The Labute approximate surface area is 122 Å². The highest BCUT2D eigenvalue weighted by Crippen LogP contribution is 2.15. The average molecular weight is 349 g/mol. The normalized spacial score (nSPS) is 11.3. The summed E-state index contributed by atoms with van der Waals surface area (Å²) in [6, 6.07) is 6.18. The first-order valence-corrected chi connectivity index (χ1v) is 8.49. The van der Waals surface area contributed by atoms with Gasteiger partial charge in [-0.15, -0.1) is 0 Å². The van der Waals surface area contributed by atoms with Crippen LogP contribution in [0.15, 0.2) is 29.2 Å². The minimum absolute atomic E-state index is 0.111. The second-order valence-electron chi connectivity index (χ2n) is 3.93. The molecule has 2 N–H and O–H groups in total. The van der Waals surface area contributed by atoms with E-state index < -0.39 is 10.0 Å². The van der Waals surface area contributed by atoms with E-state index in [9.17, 15) is 13.2 Å². The van der Waals surface area contributed by atoms with E-state index in [-0.39, 0.29) is 10.8 Å². The fraction of sp³-hybridized carbons (Fsp3) is 0.417. The average Bonchev–Trinajstić information content (AvgIpc) is 2.39. The molecule has 1 rings (SSSR count). The van der Waals surface area contributed by atoms with E-state index in [1.165, 1.54) is 19.2 Å². The van der Waals surface area contributed by atoms with Crippen LogP contribution in [0, 0.1) is 0 Å². The highest BCUT2D eigenvalue weighted by atomic mass is 79.9. The third kappa shape index (κ3) is 5.30. The van der Waals surface area contributed by atoms with Gasteiger partial charge in [0.15, 0.2) is 0 Å². The van der Waals surface area contributed by atoms with Crippen LogP contribution in [-0.4, -0.2) is 26.7 Å². The van der Waals surface area contributed by atoms with Crippen molar-refractivity contribution >= 4 is 37.5 Å². The smallest absolute Gasteiger partial charge is 0.240 e. The molecule has 0 unspecified atom stereocenters. The van der Waals surface area contributed by atoms with E-state index in [0.717, 1.165) is 18.2 Å². The molecule has 0 bridgehead atoms. The number of halogens is 1. The van der Waals surface area contributed by atoms with E-state index in [2.05, 4.69) is 26.0 Å². The minimum Gasteiger partial charge on any atom is -0.326 e. The van der Waals surface area contributed by atoms with Crippen molar-refractivity contribution in [2.24, 2.45) is 0 Å². The van der Waals surface area contributed by atoms with Crippen molar-refractivity contribution in [3.8, 4) is 0 Å². The lowest BCUT2D eigenvalue weighted by atomic mass is 10.2. The van der Waals surface area contributed by atoms with Crippen LogP contribution in [0.25, 0.3) is 0 Å². The molecule has 1 amide bonds. The fourth-order valence-corrected chi connectivity index (χ4v) is 2.63. The van der Waals surface area contributed by atoms with Crippen molar-refractivity contribution < 1.29 is 13.2 Å². The molecule has 0 saturated heterocycles. The number of hydrogen-bond acceptors (Lipinski definition) is 3. The molecular weight excluding hydrogens is 332 g/mol. The Bertz CT molecular complexity index is 532. The van der Waals surface area contributed by atoms with Gasteiger partial charge in [-0.3, -0.25) is 4.79 Å². The number of anilines is 1. The monoisotopic (exact) mass is 348 g/mol. The maximum atomic E-state index is 11.6. The van der Waals surface area contributed by atoms with Gasteiger partial charge < -0.3 is 5.32 Å². The summed E-state index contributed by atoms with van der Waals surface area (Å²) < 4.78 is 25.5. The Morgan fingerprint density at radius 3 is 2.68 bits per heavy atom. The molecule has 0 radical (unpaired) electrons. The van der Waals surface area contributed by atoms with Gasteiger partial charge in [-0.1, -0.05) is 22.0 Å². The molecule has 0 heterocycles. The van der Waals surface area contributed by atoms with Crippen LogP contribution in [0.1, 0.15) is 19.3 Å². The molecule has 1 aromatic carbocycles. The maximum absolute atomic E-state index is 11.6. The van der Waals surface area contributed by atoms with Gasteiger partial charge in [-0.25, -0.2) is 13.1 Å². The molecule has 0 saturated carbocycles. The van der Waals surface area contributed by atoms with Gasteiger partial charge in [0.1, 0.15) is 0 Å². The predicted molar refractivity (Wildman–Crippen MR) is 79.0 cm³/mol. The van der Waals surface area contributed by atoms with Crippen molar-refractivity contribution in [1.82, 2.24) is 4.72 Å². The van der Waals surface area contributed by atoms with Gasteiger partial charge in [0, 0.05) is 17.4 Å². The lowest BCUT2D eigenvalue weighted by Crippen LogP contribution is -2.19. The number of hydrogen-bond donors (Lipinski definition) is 2. The number of unbranched alkanes of at least 4 members (excludes halogenated alkanes) is 1. The largest absolute Gasteiger partial charge is 0.326 e. The molecule has 0 spiro atoms. The molecule has 0 aromatic heterocycles. The Kier molecular flexibility index (Phi) is 6.47. The number of carbonyl (C=O) groups excluding carboxylic acids is 1. The van der Waals surface area contributed by atoms with Gasteiger partial charge in [0.2, 0.25) is 15.9 Å². The molecule has 0 aliphatic rings. The van der Waals surface area contributed by atoms with Gasteiger partial charge in [0.25, 0.3) is 0 Å². The van der Waals surface area contributed by atoms with E-state index in [1.807, 2.05) is 0 Å². The Hall–Kier alpha value is -0.920. The predicted octanol–water partition coefficient (Wildman–Crippen LogP) is 2.10. The maximum Gasteiger partial charge on any atom is 0.240 e. The summed E-state index contributed by atoms with van der Waals surface area (Å²) in [5, 5.41) is 3.56. The Morgan fingerprint density at radius 1 is 1.32 bits per heavy atom. The van der Waals surface area contributed by atoms with Crippen molar-refractivity contribution in [3.63, 3.8) is 0 Å². The summed E-state index contributed by atoms with van der Waals surface area (Å²) in [5.74, 6) is -0.111. The number of rotatable bonds is 7.